The minimum absolute atomic E-state index is 0.0129. The zero-order chi connectivity index (χ0) is 58.1. The Labute approximate surface area is 476 Å². The van der Waals surface area contributed by atoms with Gasteiger partial charge in [-0.05, 0) is 117 Å². The van der Waals surface area contributed by atoms with E-state index in [2.05, 4.69) is 46.0 Å². The van der Waals surface area contributed by atoms with Crippen LogP contribution in [0.1, 0.15) is 92.5 Å². The van der Waals surface area contributed by atoms with Gasteiger partial charge < -0.3 is 40.5 Å². The van der Waals surface area contributed by atoms with Gasteiger partial charge in [0.05, 0.1) is 23.1 Å². The lowest BCUT2D eigenvalue weighted by Gasteiger charge is -2.43. The van der Waals surface area contributed by atoms with Crippen LogP contribution in [0.3, 0.4) is 0 Å². The van der Waals surface area contributed by atoms with E-state index in [4.69, 9.17) is 21.1 Å². The lowest BCUT2D eigenvalue weighted by molar-refractivity contribution is -0.149. The number of likely N-dealkylation sites (tertiary alicyclic amines) is 1. The predicted octanol–water partition coefficient (Wildman–Crippen LogP) is 8.65. The van der Waals surface area contributed by atoms with Crippen LogP contribution in [0.4, 0.5) is 27.8 Å². The van der Waals surface area contributed by atoms with Crippen LogP contribution in [-0.2, 0) is 6.54 Å². The highest BCUT2D eigenvalue weighted by atomic mass is 19.4. The number of nitrogens with one attached hydrogen (secondary N) is 2. The number of carbonyl (C=O) groups excluding carboxylic acids is 1. The Bertz CT molecular complexity index is 3650. The fourth-order valence-electron chi connectivity index (χ4n) is 12.6. The molecular weight excluding hydrogens is 1080 g/mol. The molecule has 5 fully saturated rings. The Morgan fingerprint density at radius 1 is 0.867 bits per heavy atom. The number of ether oxygens (including phenoxy) is 1. The van der Waals surface area contributed by atoms with Gasteiger partial charge in [0.1, 0.15) is 46.1 Å². The Kier molecular flexibility index (Phi) is 14.9. The van der Waals surface area contributed by atoms with Crippen LogP contribution < -0.4 is 20.3 Å². The molecule has 22 heteroatoms. The fourth-order valence-corrected chi connectivity index (χ4v) is 12.6. The summed E-state index contributed by atoms with van der Waals surface area (Å²) in [5, 5.41) is 47.2. The number of halogens is 5. The number of terminal acetylenes is 1. The highest BCUT2D eigenvalue weighted by Gasteiger charge is 2.46. The smallest absolute Gasteiger partial charge is 0.408 e. The van der Waals surface area contributed by atoms with Crippen LogP contribution in [0.15, 0.2) is 66.9 Å². The Balaban J connectivity index is 0.684. The Morgan fingerprint density at radius 2 is 1.59 bits per heavy atom. The number of amides is 1. The summed E-state index contributed by atoms with van der Waals surface area (Å²) in [7, 11) is 0. The topological polar surface area (TPSA) is 193 Å². The SMILES string of the molecule is C#Cc1c(F)ccc2cc(O)cc(-c3ncc4c(N5CC6CCC(C5)N6)nc(OCC5(CN6CCC(N7CCN(Cc8ccc(-n9c(C(=O)NC(C)C(F)(F)F)nnc9-c9cc(C(C)C)c(O)cc9O)cc8)CC7)CC6)CC5)nc4c3F)c12. The molecule has 3 atom stereocenters. The molecule has 7 aromatic rings. The van der Waals surface area contributed by atoms with E-state index in [1.807, 2.05) is 31.3 Å². The van der Waals surface area contributed by atoms with Crippen LogP contribution >= 0.6 is 0 Å². The van der Waals surface area contributed by atoms with E-state index in [-0.39, 0.29) is 85.8 Å². The first-order valence-electron chi connectivity index (χ1n) is 28.4. The number of hydrogen-bond donors (Lipinski definition) is 5. The molecule has 83 heavy (non-hydrogen) atoms. The van der Waals surface area contributed by atoms with Crippen molar-refractivity contribution in [2.24, 2.45) is 5.41 Å². The molecule has 1 amide bonds. The monoisotopic (exact) mass is 1140 g/mol. The zero-order valence-electron chi connectivity index (χ0n) is 46.4. The van der Waals surface area contributed by atoms with E-state index >= 15 is 8.78 Å². The average molecular weight is 1140 g/mol. The van der Waals surface area contributed by atoms with Crippen molar-refractivity contribution < 1.29 is 46.8 Å². The molecule has 434 valence electrons. The number of benzene rings is 4. The van der Waals surface area contributed by atoms with Crippen LogP contribution in [0.25, 0.3) is 50.0 Å². The molecule has 4 saturated heterocycles. The molecule has 17 nitrogen and oxygen atoms in total. The molecule has 1 saturated carbocycles. The molecule has 5 aliphatic rings. The summed E-state index contributed by atoms with van der Waals surface area (Å²) < 4.78 is 80.8. The van der Waals surface area contributed by atoms with Gasteiger partial charge in [0.15, 0.2) is 11.6 Å². The normalized spacial score (nSPS) is 20.1. The summed E-state index contributed by atoms with van der Waals surface area (Å²) in [5.74, 6) is -0.720. The van der Waals surface area contributed by atoms with E-state index in [1.165, 1.54) is 41.0 Å². The van der Waals surface area contributed by atoms with Gasteiger partial charge in [0.25, 0.3) is 5.91 Å². The summed E-state index contributed by atoms with van der Waals surface area (Å²) in [5.41, 5.74) is 1.90. The standard InChI is InChI=1S/C61H65F5N12O5/c1-5-43-48(62)13-8-37-24-42(79)25-46(51(37)43)53-52(63)54-47(28-67-53)55(77-30-38-9-10-39(31-77)69-38)71-59(70-54)83-33-60(16-17-60)32-75-18-14-40(15-19-75)76-22-20-74(21-23-76)29-36-6-11-41(12-7-36)78-56(45-26-44(34(2)3)49(80)27-50(45)81)72-73-57(78)58(82)68-35(4)61(64,65)66/h1,6-8,11-13,24-28,34-35,38-40,69,79-81H,9-10,14-23,29-33H2,2-4H3,(H,68,82). The molecule has 0 spiro atoms. The van der Waals surface area contributed by atoms with E-state index in [1.54, 1.807) is 18.3 Å². The molecule has 2 bridgehead atoms. The zero-order valence-corrected chi connectivity index (χ0v) is 46.4. The minimum atomic E-state index is -4.70. The summed E-state index contributed by atoms with van der Waals surface area (Å²) in [6, 6.07) is 14.4. The van der Waals surface area contributed by atoms with Gasteiger partial charge in [-0.3, -0.25) is 24.1 Å². The van der Waals surface area contributed by atoms with E-state index in [9.17, 15) is 33.3 Å². The van der Waals surface area contributed by atoms with Gasteiger partial charge in [0.2, 0.25) is 5.82 Å². The second kappa shape index (κ2) is 22.1. The van der Waals surface area contributed by atoms with Crippen molar-refractivity contribution in [3.63, 3.8) is 0 Å². The molecule has 3 unspecified atom stereocenters. The third-order valence-corrected chi connectivity index (χ3v) is 17.4. The van der Waals surface area contributed by atoms with Gasteiger partial charge in [-0.1, -0.05) is 38.0 Å². The number of nitrogens with zero attached hydrogens (tertiary/aromatic N) is 10. The van der Waals surface area contributed by atoms with Gasteiger partial charge in [-0.15, -0.1) is 16.6 Å². The largest absolute Gasteiger partial charge is 0.508 e. The first-order valence-corrected chi connectivity index (χ1v) is 28.4. The molecule has 4 aromatic carbocycles. The number of phenols is 3. The molecule has 0 radical (unpaired) electrons. The number of alkyl halides is 3. The number of piperidine rings is 1. The number of anilines is 1. The van der Waals surface area contributed by atoms with Crippen molar-refractivity contribution in [1.82, 2.24) is 55.0 Å². The molecular formula is C61H65F5N12O5. The molecule has 7 heterocycles. The van der Waals surface area contributed by atoms with E-state index in [0.717, 1.165) is 96.8 Å². The second-order valence-corrected chi connectivity index (χ2v) is 23.5. The minimum Gasteiger partial charge on any atom is -0.508 e. The predicted molar refractivity (Wildman–Crippen MR) is 303 cm³/mol. The summed E-state index contributed by atoms with van der Waals surface area (Å²) in [6.45, 7) is 13.2. The Hall–Kier alpha value is -7.71. The van der Waals surface area contributed by atoms with Crippen LogP contribution in [0.2, 0.25) is 0 Å². The maximum Gasteiger partial charge on any atom is 0.408 e. The lowest BCUT2D eigenvalue weighted by atomic mass is 9.96. The fraction of sp³-hybridized carbons (Fsp3) is 0.443. The molecule has 3 aromatic heterocycles. The molecule has 4 aliphatic heterocycles. The molecule has 5 N–H and O–H groups in total. The molecule has 1 aliphatic carbocycles. The number of rotatable bonds is 15. The highest BCUT2D eigenvalue weighted by Crippen LogP contribution is 2.48. The van der Waals surface area contributed by atoms with Crippen molar-refractivity contribution in [3.8, 4) is 63.9 Å². The number of hydrogen-bond acceptors (Lipinski definition) is 15. The lowest BCUT2D eigenvalue weighted by Crippen LogP contribution is -2.53. The summed E-state index contributed by atoms with van der Waals surface area (Å²) in [4.78, 5) is 37.3. The number of aromatic hydroxyl groups is 3. The highest BCUT2D eigenvalue weighted by molar-refractivity contribution is 6.03. The van der Waals surface area contributed by atoms with Gasteiger partial charge in [-0.2, -0.15) is 23.1 Å². The number of aromatic nitrogens is 6. The van der Waals surface area contributed by atoms with Crippen LogP contribution in [-0.4, -0.2) is 161 Å². The maximum atomic E-state index is 17.2. The van der Waals surface area contributed by atoms with E-state index in [0.29, 0.717) is 60.1 Å². The average Bonchev–Trinajstić information content (AvgIpc) is 4.19. The third-order valence-electron chi connectivity index (χ3n) is 17.4. The number of pyridine rings is 1. The first-order chi connectivity index (χ1) is 39.8. The van der Waals surface area contributed by atoms with Crippen LogP contribution in [0, 0.1) is 29.4 Å². The molecule has 12 rings (SSSR count). The van der Waals surface area contributed by atoms with Gasteiger partial charge in [0, 0.05) is 105 Å². The summed E-state index contributed by atoms with van der Waals surface area (Å²) >= 11 is 0. The third kappa shape index (κ3) is 11.2. The van der Waals surface area contributed by atoms with Gasteiger partial charge >= 0.3 is 12.2 Å². The number of phenolic OH excluding ortho intramolecular Hbond substituents is 3. The quantitative estimate of drug-likeness (QED) is 0.0484. The second-order valence-electron chi connectivity index (χ2n) is 23.5. The van der Waals surface area contributed by atoms with E-state index < -0.39 is 35.6 Å². The van der Waals surface area contributed by atoms with Crippen molar-refractivity contribution in [2.45, 2.75) is 102 Å². The van der Waals surface area contributed by atoms with Crippen LogP contribution in [0.5, 0.6) is 23.3 Å². The first kappa shape index (κ1) is 55.8. The number of fused-ring (bicyclic) bond motifs is 4. The van der Waals surface area contributed by atoms with Crippen molar-refractivity contribution in [2.75, 3.05) is 70.4 Å². The van der Waals surface area contributed by atoms with Crippen molar-refractivity contribution in [3.05, 3.63) is 101 Å². The maximum absolute atomic E-state index is 17.2. The Morgan fingerprint density at radius 3 is 2.27 bits per heavy atom. The number of carbonyl (C=O) groups is 1. The number of piperazine rings is 2. The van der Waals surface area contributed by atoms with Crippen molar-refractivity contribution in [1.29, 1.82) is 0 Å². The van der Waals surface area contributed by atoms with Gasteiger partial charge in [-0.25, -0.2) is 8.78 Å². The summed E-state index contributed by atoms with van der Waals surface area (Å²) in [6.07, 6.45) is 8.71. The van der Waals surface area contributed by atoms with Crippen molar-refractivity contribution >= 4 is 33.4 Å².